The van der Waals surface area contributed by atoms with Crippen molar-refractivity contribution in [2.24, 2.45) is 0 Å². The Kier molecular flexibility index (Phi) is 6.21. The minimum Gasteiger partial charge on any atom is -0.454 e. The number of hydrogen-bond acceptors (Lipinski definition) is 6. The van der Waals surface area contributed by atoms with Crippen molar-refractivity contribution in [1.29, 1.82) is 0 Å². The number of ether oxygens (including phenoxy) is 2. The zero-order chi connectivity index (χ0) is 19.8. The Morgan fingerprint density at radius 3 is 2.66 bits per heavy atom. The second-order valence-corrected chi connectivity index (χ2v) is 7.57. The van der Waals surface area contributed by atoms with E-state index in [0.717, 1.165) is 17.4 Å². The van der Waals surface area contributed by atoms with Gasteiger partial charge in [0, 0.05) is 24.7 Å². The minimum atomic E-state index is -0.749. The molecule has 0 atom stereocenters. The molecular weight excluding hydrogens is 424 g/mol. The number of amides is 1. The van der Waals surface area contributed by atoms with Crippen molar-refractivity contribution in [2.75, 3.05) is 38.9 Å². The van der Waals surface area contributed by atoms with E-state index in [4.69, 9.17) is 9.47 Å². The van der Waals surface area contributed by atoms with Gasteiger partial charge < -0.3 is 14.4 Å². The van der Waals surface area contributed by atoms with Crippen LogP contribution in [0, 0.1) is 11.6 Å². The molecular formula is C19H18ClF2N3O3S. The summed E-state index contributed by atoms with van der Waals surface area (Å²) in [6.07, 6.45) is 0. The van der Waals surface area contributed by atoms with Crippen LogP contribution >= 0.6 is 23.7 Å². The zero-order valence-corrected chi connectivity index (χ0v) is 17.3. The molecule has 0 N–H and O–H groups in total. The summed E-state index contributed by atoms with van der Waals surface area (Å²) in [5.74, 6) is -0.660. The molecule has 0 aliphatic carbocycles. The number of anilines is 1. The van der Waals surface area contributed by atoms with Gasteiger partial charge in [0.2, 0.25) is 6.79 Å². The fourth-order valence-corrected chi connectivity index (χ4v) is 3.86. The summed E-state index contributed by atoms with van der Waals surface area (Å²) in [5, 5.41) is 0.309. The van der Waals surface area contributed by atoms with Gasteiger partial charge in [-0.1, -0.05) is 11.3 Å². The molecule has 154 valence electrons. The molecule has 0 unspecified atom stereocenters. The average Bonchev–Trinajstić information content (AvgIpc) is 3.27. The number of fused-ring (bicyclic) bond motifs is 2. The Bertz CT molecular complexity index is 1060. The molecule has 0 spiro atoms. The average molecular weight is 442 g/mol. The molecule has 1 aliphatic heterocycles. The maximum Gasteiger partial charge on any atom is 0.260 e. The van der Waals surface area contributed by atoms with Crippen LogP contribution < -0.4 is 14.4 Å². The highest BCUT2D eigenvalue weighted by Gasteiger charge is 2.24. The van der Waals surface area contributed by atoms with Crippen molar-refractivity contribution in [3.05, 3.63) is 47.5 Å². The third kappa shape index (κ3) is 4.26. The predicted octanol–water partition coefficient (Wildman–Crippen LogP) is 3.93. The molecule has 0 saturated carbocycles. The lowest BCUT2D eigenvalue weighted by molar-refractivity contribution is 0.0984. The van der Waals surface area contributed by atoms with Crippen LogP contribution in [0.1, 0.15) is 10.4 Å². The van der Waals surface area contributed by atoms with Crippen molar-refractivity contribution in [1.82, 2.24) is 9.88 Å². The highest BCUT2D eigenvalue weighted by Crippen LogP contribution is 2.35. The topological polar surface area (TPSA) is 54.9 Å². The van der Waals surface area contributed by atoms with E-state index in [9.17, 15) is 13.6 Å². The molecule has 1 aromatic heterocycles. The Hall–Kier alpha value is -2.49. The smallest absolute Gasteiger partial charge is 0.260 e. The lowest BCUT2D eigenvalue weighted by atomic mass is 10.2. The van der Waals surface area contributed by atoms with Gasteiger partial charge in [0.25, 0.3) is 5.91 Å². The first-order valence-corrected chi connectivity index (χ1v) is 9.36. The normalized spacial score (nSPS) is 12.3. The van der Waals surface area contributed by atoms with Crippen LogP contribution in [-0.4, -0.2) is 49.8 Å². The third-order valence-corrected chi connectivity index (χ3v) is 5.29. The minimum absolute atomic E-state index is 0. The summed E-state index contributed by atoms with van der Waals surface area (Å²) in [6, 6.07) is 6.93. The van der Waals surface area contributed by atoms with Crippen LogP contribution in [0.5, 0.6) is 11.5 Å². The van der Waals surface area contributed by atoms with Crippen LogP contribution in [0.3, 0.4) is 0 Å². The number of rotatable bonds is 5. The number of aromatic nitrogens is 1. The van der Waals surface area contributed by atoms with E-state index in [0.29, 0.717) is 40.0 Å². The van der Waals surface area contributed by atoms with E-state index in [1.54, 1.807) is 18.2 Å². The number of likely N-dealkylation sites (N-methyl/N-ethyl adjacent to an activating group) is 1. The molecule has 6 nitrogen and oxygen atoms in total. The monoisotopic (exact) mass is 441 g/mol. The van der Waals surface area contributed by atoms with Crippen molar-refractivity contribution in [3.8, 4) is 11.5 Å². The van der Waals surface area contributed by atoms with Crippen LogP contribution in [0.25, 0.3) is 10.2 Å². The second-order valence-electron chi connectivity index (χ2n) is 6.56. The van der Waals surface area contributed by atoms with Gasteiger partial charge in [-0.05, 0) is 38.4 Å². The highest BCUT2D eigenvalue weighted by molar-refractivity contribution is 7.22. The van der Waals surface area contributed by atoms with E-state index in [1.807, 2.05) is 19.0 Å². The van der Waals surface area contributed by atoms with E-state index >= 15 is 0 Å². The van der Waals surface area contributed by atoms with Gasteiger partial charge in [0.05, 0.1) is 4.70 Å². The largest absolute Gasteiger partial charge is 0.454 e. The lowest BCUT2D eigenvalue weighted by Crippen LogP contribution is -2.36. The first kappa shape index (κ1) is 21.2. The van der Waals surface area contributed by atoms with Gasteiger partial charge in [-0.15, -0.1) is 12.4 Å². The maximum atomic E-state index is 14.1. The molecule has 0 bridgehead atoms. The highest BCUT2D eigenvalue weighted by atomic mass is 35.5. The maximum absolute atomic E-state index is 14.1. The van der Waals surface area contributed by atoms with E-state index < -0.39 is 11.6 Å². The Morgan fingerprint density at radius 1 is 1.14 bits per heavy atom. The van der Waals surface area contributed by atoms with Crippen LogP contribution in [-0.2, 0) is 0 Å². The summed E-state index contributed by atoms with van der Waals surface area (Å²) in [5.41, 5.74) is 0.448. The number of carbonyl (C=O) groups excluding carboxylic acids is 1. The summed E-state index contributed by atoms with van der Waals surface area (Å²) in [7, 11) is 3.77. The van der Waals surface area contributed by atoms with Gasteiger partial charge in [-0.25, -0.2) is 13.8 Å². The predicted molar refractivity (Wildman–Crippen MR) is 110 cm³/mol. The van der Waals surface area contributed by atoms with Gasteiger partial charge in [0.15, 0.2) is 22.4 Å². The van der Waals surface area contributed by atoms with E-state index in [-0.39, 0.29) is 30.6 Å². The van der Waals surface area contributed by atoms with Crippen LogP contribution in [0.4, 0.5) is 13.9 Å². The number of nitrogens with zero attached hydrogens (tertiary/aromatic N) is 3. The van der Waals surface area contributed by atoms with Gasteiger partial charge in [0.1, 0.15) is 11.3 Å². The molecule has 29 heavy (non-hydrogen) atoms. The fourth-order valence-electron chi connectivity index (χ4n) is 2.83. The number of carbonyl (C=O) groups is 1. The van der Waals surface area contributed by atoms with Crippen LogP contribution in [0.15, 0.2) is 30.3 Å². The van der Waals surface area contributed by atoms with Gasteiger partial charge in [-0.3, -0.25) is 9.69 Å². The molecule has 10 heteroatoms. The van der Waals surface area contributed by atoms with E-state index in [1.165, 1.54) is 11.0 Å². The quantitative estimate of drug-likeness (QED) is 0.600. The first-order chi connectivity index (χ1) is 13.4. The Labute approximate surface area is 176 Å². The number of thiazole rings is 1. The molecule has 3 aromatic rings. The lowest BCUT2D eigenvalue weighted by Gasteiger charge is -2.22. The van der Waals surface area contributed by atoms with Crippen molar-refractivity contribution >= 4 is 45.0 Å². The SMILES string of the molecule is CN(C)CCN(C(=O)c1ccc2c(c1)OCO2)c1nc2c(F)cc(F)cc2s1.Cl. The zero-order valence-electron chi connectivity index (χ0n) is 15.6. The second kappa shape index (κ2) is 8.48. The summed E-state index contributed by atoms with van der Waals surface area (Å²) >= 11 is 1.07. The Balaban J connectivity index is 0.00000240. The van der Waals surface area contributed by atoms with E-state index in [2.05, 4.69) is 4.98 Å². The number of halogens is 3. The molecule has 2 aromatic carbocycles. The van der Waals surface area contributed by atoms with Gasteiger partial charge in [-0.2, -0.15) is 0 Å². The van der Waals surface area contributed by atoms with Gasteiger partial charge >= 0.3 is 0 Å². The first-order valence-electron chi connectivity index (χ1n) is 8.54. The third-order valence-electron chi connectivity index (χ3n) is 4.27. The van der Waals surface area contributed by atoms with Crippen molar-refractivity contribution in [3.63, 3.8) is 0 Å². The molecule has 4 rings (SSSR count). The number of hydrogen-bond donors (Lipinski definition) is 0. The molecule has 0 radical (unpaired) electrons. The number of benzene rings is 2. The summed E-state index contributed by atoms with van der Waals surface area (Å²) in [4.78, 5) is 20.9. The van der Waals surface area contributed by atoms with Crippen molar-refractivity contribution in [2.45, 2.75) is 0 Å². The molecule has 1 aliphatic rings. The summed E-state index contributed by atoms with van der Waals surface area (Å²) < 4.78 is 38.6. The molecule has 2 heterocycles. The van der Waals surface area contributed by atoms with Crippen LogP contribution in [0.2, 0.25) is 0 Å². The Morgan fingerprint density at radius 2 is 1.90 bits per heavy atom. The fraction of sp³-hybridized carbons (Fsp3) is 0.263. The molecule has 1 amide bonds. The molecule has 0 fully saturated rings. The van der Waals surface area contributed by atoms with Crippen molar-refractivity contribution < 1.29 is 23.0 Å². The molecule has 0 saturated heterocycles. The summed E-state index contributed by atoms with van der Waals surface area (Å²) in [6.45, 7) is 1.02. The standard InChI is InChI=1S/C19H17F2N3O3S.ClH/c1-23(2)5-6-24(18(25)11-3-4-14-15(7-11)27-10-26-14)19-22-17-13(21)8-12(20)9-16(17)28-19;/h3-4,7-9H,5-6,10H2,1-2H3;1H.